The van der Waals surface area contributed by atoms with Gasteiger partial charge in [-0.2, -0.15) is 0 Å². The number of hydrogen-bond acceptors (Lipinski definition) is 5. The van der Waals surface area contributed by atoms with E-state index in [1.807, 2.05) is 47.6 Å². The Bertz CT molecular complexity index is 1200. The molecule has 3 rings (SSSR count). The van der Waals surface area contributed by atoms with E-state index in [-0.39, 0.29) is 22.5 Å². The van der Waals surface area contributed by atoms with E-state index < -0.39 is 23.1 Å². The number of carbonyl (C=O) groups excluding carboxylic acids is 3. The summed E-state index contributed by atoms with van der Waals surface area (Å²) in [6.07, 6.45) is 0. The summed E-state index contributed by atoms with van der Waals surface area (Å²) in [5.41, 5.74) is 1.40. The van der Waals surface area contributed by atoms with Crippen LogP contribution in [-0.4, -0.2) is 17.7 Å². The molecule has 0 spiro atoms. The molecular weight excluding hydrogens is 428 g/mol. The Hall–Kier alpha value is -3.73. The minimum atomic E-state index is -1.04. The topological polar surface area (TPSA) is 69.7 Å². The molecule has 5 nitrogen and oxygen atoms in total. The van der Waals surface area contributed by atoms with Crippen LogP contribution in [0.2, 0.25) is 0 Å². The average Bonchev–Trinajstić information content (AvgIpc) is 2.79. The van der Waals surface area contributed by atoms with Crippen molar-refractivity contribution in [1.29, 1.82) is 0 Å². The third-order valence-corrected chi connectivity index (χ3v) is 5.36. The average molecular weight is 459 g/mol. The first-order valence-corrected chi connectivity index (χ1v) is 11.2. The van der Waals surface area contributed by atoms with E-state index in [9.17, 15) is 14.4 Å². The van der Waals surface area contributed by atoms with Crippen LogP contribution >= 0.6 is 0 Å². The highest BCUT2D eigenvalue weighted by molar-refractivity contribution is 6.41. The molecule has 0 aliphatic rings. The van der Waals surface area contributed by atoms with Crippen molar-refractivity contribution in [3.05, 3.63) is 95.1 Å². The lowest BCUT2D eigenvalue weighted by molar-refractivity contribution is -0.129. The van der Waals surface area contributed by atoms with Gasteiger partial charge in [-0.1, -0.05) is 96.1 Å². The SMILES string of the molecule is CC(C)(C)c1cc(OC(=O)c2ccccc2)c(OC(=O)C(=O)c2ccccc2)c(C(C)(C)C)c1. The Morgan fingerprint density at radius 1 is 0.647 bits per heavy atom. The largest absolute Gasteiger partial charge is 0.419 e. The van der Waals surface area contributed by atoms with Crippen molar-refractivity contribution in [2.75, 3.05) is 0 Å². The highest BCUT2D eigenvalue weighted by atomic mass is 16.6. The van der Waals surface area contributed by atoms with Gasteiger partial charge in [-0.25, -0.2) is 9.59 Å². The Morgan fingerprint density at radius 3 is 1.68 bits per heavy atom. The predicted molar refractivity (Wildman–Crippen MR) is 132 cm³/mol. The lowest BCUT2D eigenvalue weighted by Crippen LogP contribution is -2.25. The molecule has 5 heteroatoms. The molecule has 0 radical (unpaired) electrons. The number of Topliss-reactive ketones (excluding diaryl/α,β-unsaturated/α-hetero) is 1. The van der Waals surface area contributed by atoms with Crippen LogP contribution in [-0.2, 0) is 15.6 Å². The zero-order chi connectivity index (χ0) is 25.1. The van der Waals surface area contributed by atoms with Gasteiger partial charge >= 0.3 is 11.9 Å². The number of carbonyl (C=O) groups is 3. The minimum Gasteiger partial charge on any atom is -0.419 e. The fraction of sp³-hybridized carbons (Fsp3) is 0.276. The van der Waals surface area contributed by atoms with Crippen LogP contribution in [0.4, 0.5) is 0 Å². The Kier molecular flexibility index (Phi) is 7.06. The molecule has 176 valence electrons. The van der Waals surface area contributed by atoms with Crippen LogP contribution in [0.3, 0.4) is 0 Å². The third-order valence-electron chi connectivity index (χ3n) is 5.36. The number of ketones is 1. The molecule has 0 aromatic heterocycles. The predicted octanol–water partition coefficient (Wildman–Crippen LogP) is 6.29. The zero-order valence-corrected chi connectivity index (χ0v) is 20.5. The van der Waals surface area contributed by atoms with E-state index in [1.165, 1.54) is 0 Å². The van der Waals surface area contributed by atoms with Crippen molar-refractivity contribution in [1.82, 2.24) is 0 Å². The normalized spacial score (nSPS) is 11.6. The molecule has 0 amide bonds. The van der Waals surface area contributed by atoms with E-state index in [2.05, 4.69) is 0 Å². The summed E-state index contributed by atoms with van der Waals surface area (Å²) in [5.74, 6) is -2.24. The van der Waals surface area contributed by atoms with Crippen LogP contribution in [0, 0.1) is 0 Å². The Balaban J connectivity index is 2.12. The molecule has 0 aliphatic heterocycles. The van der Waals surface area contributed by atoms with Gasteiger partial charge in [0.1, 0.15) is 0 Å². The first-order valence-electron chi connectivity index (χ1n) is 11.2. The fourth-order valence-corrected chi connectivity index (χ4v) is 3.35. The highest BCUT2D eigenvalue weighted by Gasteiger charge is 2.31. The second kappa shape index (κ2) is 9.64. The molecule has 0 atom stereocenters. The summed E-state index contributed by atoms with van der Waals surface area (Å²) in [4.78, 5) is 38.5. The first-order chi connectivity index (χ1) is 15.9. The molecule has 0 N–H and O–H groups in total. The summed E-state index contributed by atoms with van der Waals surface area (Å²) < 4.78 is 11.4. The minimum absolute atomic E-state index is 0.0686. The molecule has 0 saturated heterocycles. The highest BCUT2D eigenvalue weighted by Crippen LogP contribution is 2.43. The van der Waals surface area contributed by atoms with Crippen molar-refractivity contribution in [3.8, 4) is 11.5 Å². The second-order valence-corrected chi connectivity index (χ2v) is 10.2. The van der Waals surface area contributed by atoms with Crippen molar-refractivity contribution < 1.29 is 23.9 Å². The maximum Gasteiger partial charge on any atom is 0.385 e. The summed E-state index contributed by atoms with van der Waals surface area (Å²) in [6, 6.07) is 20.4. The lowest BCUT2D eigenvalue weighted by atomic mass is 9.80. The Morgan fingerprint density at radius 2 is 1.18 bits per heavy atom. The van der Waals surface area contributed by atoms with E-state index in [1.54, 1.807) is 66.7 Å². The third kappa shape index (κ3) is 5.79. The van der Waals surface area contributed by atoms with Gasteiger partial charge in [0.05, 0.1) is 5.56 Å². The number of esters is 2. The molecule has 0 aliphatic carbocycles. The number of rotatable bonds is 5. The van der Waals surface area contributed by atoms with E-state index in [4.69, 9.17) is 9.47 Å². The molecule has 0 bridgehead atoms. The maximum atomic E-state index is 12.9. The Labute approximate surface area is 200 Å². The number of ether oxygens (including phenoxy) is 2. The molecule has 3 aromatic rings. The molecule has 34 heavy (non-hydrogen) atoms. The van der Waals surface area contributed by atoms with Crippen LogP contribution in [0.1, 0.15) is 73.4 Å². The van der Waals surface area contributed by atoms with Crippen molar-refractivity contribution in [3.63, 3.8) is 0 Å². The van der Waals surface area contributed by atoms with Crippen LogP contribution in [0.5, 0.6) is 11.5 Å². The smallest absolute Gasteiger partial charge is 0.385 e. The molecule has 0 fully saturated rings. The van der Waals surface area contributed by atoms with Gasteiger partial charge in [0.25, 0.3) is 5.78 Å². The van der Waals surface area contributed by atoms with Gasteiger partial charge in [0, 0.05) is 11.1 Å². The molecule has 0 saturated carbocycles. The van der Waals surface area contributed by atoms with Gasteiger partial charge < -0.3 is 9.47 Å². The quantitative estimate of drug-likeness (QED) is 0.194. The van der Waals surface area contributed by atoms with Gasteiger partial charge in [0.15, 0.2) is 11.5 Å². The summed E-state index contributed by atoms with van der Waals surface area (Å²) in [6.45, 7) is 12.0. The van der Waals surface area contributed by atoms with Crippen molar-refractivity contribution in [2.24, 2.45) is 0 Å². The molecule has 3 aromatic carbocycles. The zero-order valence-electron chi connectivity index (χ0n) is 20.5. The van der Waals surface area contributed by atoms with Gasteiger partial charge in [0.2, 0.25) is 0 Å². The van der Waals surface area contributed by atoms with Crippen molar-refractivity contribution in [2.45, 2.75) is 52.4 Å². The lowest BCUT2D eigenvalue weighted by Gasteiger charge is -2.28. The van der Waals surface area contributed by atoms with E-state index in [0.717, 1.165) is 5.56 Å². The summed E-state index contributed by atoms with van der Waals surface area (Å²) >= 11 is 0. The standard InChI is InChI=1S/C29H30O5/c1-28(2,3)21-17-22(29(4,5)6)25(34-27(32)24(30)19-13-9-7-10-14-19)23(18-21)33-26(31)20-15-11-8-12-16-20/h7-18H,1-6H3. The fourth-order valence-electron chi connectivity index (χ4n) is 3.35. The molecule has 0 heterocycles. The number of hydrogen-bond donors (Lipinski definition) is 0. The summed E-state index contributed by atoms with van der Waals surface area (Å²) in [7, 11) is 0. The van der Waals surface area contributed by atoms with Crippen LogP contribution < -0.4 is 9.47 Å². The first kappa shape index (κ1) is 24.9. The maximum absolute atomic E-state index is 12.9. The number of benzene rings is 3. The van der Waals surface area contributed by atoms with Crippen LogP contribution in [0.15, 0.2) is 72.8 Å². The molecule has 0 unspecified atom stereocenters. The van der Waals surface area contributed by atoms with Gasteiger partial charge in [-0.05, 0) is 34.6 Å². The van der Waals surface area contributed by atoms with E-state index >= 15 is 0 Å². The van der Waals surface area contributed by atoms with Crippen molar-refractivity contribution >= 4 is 17.7 Å². The van der Waals surface area contributed by atoms with Gasteiger partial charge in [-0.3, -0.25) is 4.79 Å². The second-order valence-electron chi connectivity index (χ2n) is 10.2. The molecular formula is C29H30O5. The monoisotopic (exact) mass is 458 g/mol. The van der Waals surface area contributed by atoms with Gasteiger partial charge in [-0.15, -0.1) is 0 Å². The van der Waals surface area contributed by atoms with Crippen LogP contribution in [0.25, 0.3) is 0 Å². The van der Waals surface area contributed by atoms with E-state index in [0.29, 0.717) is 11.1 Å². The summed E-state index contributed by atoms with van der Waals surface area (Å²) in [5, 5.41) is 0.